The van der Waals surface area contributed by atoms with E-state index in [0.29, 0.717) is 11.8 Å². The summed E-state index contributed by atoms with van der Waals surface area (Å²) in [5.41, 5.74) is 1.03. The third kappa shape index (κ3) is 4.39. The van der Waals surface area contributed by atoms with Gasteiger partial charge in [-0.25, -0.2) is 0 Å². The van der Waals surface area contributed by atoms with E-state index >= 15 is 0 Å². The van der Waals surface area contributed by atoms with Crippen LogP contribution in [-0.2, 0) is 0 Å². The zero-order chi connectivity index (χ0) is 16.3. The van der Waals surface area contributed by atoms with Gasteiger partial charge in [-0.1, -0.05) is 33.8 Å². The first-order chi connectivity index (χ1) is 10.3. The second-order valence-electron chi connectivity index (χ2n) is 7.79. The number of ether oxygens (including phenoxy) is 2. The predicted octanol–water partition coefficient (Wildman–Crippen LogP) is 4.57. The van der Waals surface area contributed by atoms with E-state index in [0.717, 1.165) is 31.1 Å². The van der Waals surface area contributed by atoms with Gasteiger partial charge in [-0.15, -0.1) is 0 Å². The summed E-state index contributed by atoms with van der Waals surface area (Å²) in [5.74, 6) is 3.05. The lowest BCUT2D eigenvalue weighted by Gasteiger charge is -2.39. The van der Waals surface area contributed by atoms with Gasteiger partial charge < -0.3 is 14.8 Å². The minimum Gasteiger partial charge on any atom is -0.493 e. The van der Waals surface area contributed by atoms with E-state index in [2.05, 4.69) is 59.0 Å². The van der Waals surface area contributed by atoms with Crippen LogP contribution in [0.3, 0.4) is 0 Å². The van der Waals surface area contributed by atoms with Crippen molar-refractivity contribution >= 4 is 0 Å². The second-order valence-corrected chi connectivity index (χ2v) is 7.79. The molecule has 1 heterocycles. The third-order valence-electron chi connectivity index (χ3n) is 3.80. The molecular weight excluding hydrogens is 274 g/mol. The van der Waals surface area contributed by atoms with Crippen LogP contribution in [0.4, 0.5) is 0 Å². The van der Waals surface area contributed by atoms with Crippen molar-refractivity contribution in [1.82, 2.24) is 5.32 Å². The first-order valence-corrected chi connectivity index (χ1v) is 8.46. The molecule has 0 bridgehead atoms. The Morgan fingerprint density at radius 1 is 1.23 bits per heavy atom. The molecule has 124 valence electrons. The van der Waals surface area contributed by atoms with E-state index in [1.54, 1.807) is 0 Å². The Morgan fingerprint density at radius 2 is 1.95 bits per heavy atom. The molecule has 0 amide bonds. The minimum atomic E-state index is -0.154. The summed E-state index contributed by atoms with van der Waals surface area (Å²) >= 11 is 0. The van der Waals surface area contributed by atoms with Crippen molar-refractivity contribution in [2.75, 3.05) is 13.2 Å². The monoisotopic (exact) mass is 305 g/mol. The second kappa shape index (κ2) is 6.91. The summed E-state index contributed by atoms with van der Waals surface area (Å²) in [4.78, 5) is 0. The van der Waals surface area contributed by atoms with E-state index in [4.69, 9.17) is 9.47 Å². The molecule has 22 heavy (non-hydrogen) atoms. The van der Waals surface area contributed by atoms with Crippen molar-refractivity contribution in [1.29, 1.82) is 0 Å². The molecule has 0 aliphatic carbocycles. The van der Waals surface area contributed by atoms with Gasteiger partial charge >= 0.3 is 0 Å². The molecule has 1 N–H and O–H groups in total. The zero-order valence-corrected chi connectivity index (χ0v) is 14.9. The molecule has 0 spiro atoms. The van der Waals surface area contributed by atoms with Crippen LogP contribution in [0.5, 0.6) is 11.5 Å². The molecule has 0 fully saturated rings. The Kier molecular flexibility index (Phi) is 5.38. The highest BCUT2D eigenvalue weighted by atomic mass is 16.5. The molecule has 1 atom stereocenters. The summed E-state index contributed by atoms with van der Waals surface area (Å²) in [6, 6.07) is 6.43. The lowest BCUT2D eigenvalue weighted by atomic mass is 9.89. The molecule has 0 saturated heterocycles. The van der Waals surface area contributed by atoms with Crippen LogP contribution in [0, 0.1) is 11.8 Å². The van der Waals surface area contributed by atoms with E-state index in [1.165, 1.54) is 5.56 Å². The average molecular weight is 305 g/mol. The topological polar surface area (TPSA) is 30.5 Å². The minimum absolute atomic E-state index is 0.154. The van der Waals surface area contributed by atoms with E-state index in [1.807, 2.05) is 6.07 Å². The summed E-state index contributed by atoms with van der Waals surface area (Å²) in [6.07, 6.45) is 0.953. The Labute approximate surface area is 135 Å². The van der Waals surface area contributed by atoms with Crippen molar-refractivity contribution in [3.8, 4) is 11.5 Å². The van der Waals surface area contributed by atoms with Gasteiger partial charge in [0, 0.05) is 12.5 Å². The van der Waals surface area contributed by atoms with Crippen molar-refractivity contribution < 1.29 is 9.47 Å². The highest BCUT2D eigenvalue weighted by molar-refractivity contribution is 5.48. The number of hydrogen-bond acceptors (Lipinski definition) is 3. The van der Waals surface area contributed by atoms with E-state index in [-0.39, 0.29) is 11.6 Å². The van der Waals surface area contributed by atoms with Gasteiger partial charge in [-0.05, 0) is 44.4 Å². The lowest BCUT2D eigenvalue weighted by Crippen LogP contribution is -2.40. The molecule has 1 aliphatic heterocycles. The molecule has 1 aromatic carbocycles. The fourth-order valence-electron chi connectivity index (χ4n) is 2.82. The maximum Gasteiger partial charge on any atom is 0.128 e. The summed E-state index contributed by atoms with van der Waals surface area (Å²) in [6.45, 7) is 14.9. The maximum atomic E-state index is 6.18. The smallest absolute Gasteiger partial charge is 0.128 e. The fraction of sp³-hybridized carbons (Fsp3) is 0.684. The largest absolute Gasteiger partial charge is 0.493 e. The SMILES string of the molecule is CC(C)CNC1CC(C)(C)Oc2cccc(OCC(C)C)c21. The van der Waals surface area contributed by atoms with Crippen LogP contribution >= 0.6 is 0 Å². The Balaban J connectivity index is 2.29. The van der Waals surface area contributed by atoms with Gasteiger partial charge in [0.2, 0.25) is 0 Å². The standard InChI is InChI=1S/C19H31NO2/c1-13(2)11-20-15-10-19(5,6)22-17-9-7-8-16(18(15)17)21-12-14(3)4/h7-9,13-15,20H,10-12H2,1-6H3. The number of rotatable bonds is 6. The number of benzene rings is 1. The first-order valence-electron chi connectivity index (χ1n) is 8.46. The van der Waals surface area contributed by atoms with Crippen molar-refractivity contribution in [3.63, 3.8) is 0 Å². The predicted molar refractivity (Wildman–Crippen MR) is 91.7 cm³/mol. The molecule has 1 aliphatic rings. The number of nitrogens with one attached hydrogen (secondary N) is 1. The van der Waals surface area contributed by atoms with E-state index < -0.39 is 0 Å². The highest BCUT2D eigenvalue weighted by Gasteiger charge is 2.35. The summed E-state index contributed by atoms with van der Waals surface area (Å²) < 4.78 is 12.2. The van der Waals surface area contributed by atoms with E-state index in [9.17, 15) is 0 Å². The highest BCUT2D eigenvalue weighted by Crippen LogP contribution is 2.44. The normalized spacial score (nSPS) is 19.9. The molecule has 2 rings (SSSR count). The van der Waals surface area contributed by atoms with Crippen LogP contribution in [-0.4, -0.2) is 18.8 Å². The quantitative estimate of drug-likeness (QED) is 0.835. The van der Waals surface area contributed by atoms with Crippen molar-refractivity contribution in [2.24, 2.45) is 11.8 Å². The summed E-state index contributed by atoms with van der Waals surface area (Å²) in [5, 5.41) is 3.70. The molecule has 3 heteroatoms. The van der Waals surface area contributed by atoms with Crippen LogP contribution in [0.15, 0.2) is 18.2 Å². The summed E-state index contributed by atoms with van der Waals surface area (Å²) in [7, 11) is 0. The molecule has 1 unspecified atom stereocenters. The number of fused-ring (bicyclic) bond motifs is 1. The van der Waals surface area contributed by atoms with Gasteiger partial charge in [-0.2, -0.15) is 0 Å². The first kappa shape index (κ1) is 17.1. The van der Waals surface area contributed by atoms with Crippen molar-refractivity contribution in [3.05, 3.63) is 23.8 Å². The van der Waals surface area contributed by atoms with Gasteiger partial charge in [0.05, 0.1) is 12.2 Å². The van der Waals surface area contributed by atoms with Crippen LogP contribution < -0.4 is 14.8 Å². The van der Waals surface area contributed by atoms with Crippen LogP contribution in [0.1, 0.15) is 59.6 Å². The molecular formula is C19H31NO2. The van der Waals surface area contributed by atoms with Gasteiger partial charge in [0.15, 0.2) is 0 Å². The van der Waals surface area contributed by atoms with Gasteiger partial charge in [0.1, 0.15) is 17.1 Å². The molecule has 1 aromatic rings. The number of hydrogen-bond donors (Lipinski definition) is 1. The van der Waals surface area contributed by atoms with Crippen molar-refractivity contribution in [2.45, 2.75) is 59.6 Å². The fourth-order valence-corrected chi connectivity index (χ4v) is 2.82. The molecule has 0 saturated carbocycles. The third-order valence-corrected chi connectivity index (χ3v) is 3.80. The molecule has 0 aromatic heterocycles. The Bertz CT molecular complexity index is 494. The van der Waals surface area contributed by atoms with Crippen LogP contribution in [0.2, 0.25) is 0 Å². The zero-order valence-electron chi connectivity index (χ0n) is 14.9. The Hall–Kier alpha value is -1.22. The van der Waals surface area contributed by atoms with Gasteiger partial charge in [0.25, 0.3) is 0 Å². The molecule has 3 nitrogen and oxygen atoms in total. The maximum absolute atomic E-state index is 6.18. The average Bonchev–Trinajstić information content (AvgIpc) is 2.40. The van der Waals surface area contributed by atoms with Gasteiger partial charge in [-0.3, -0.25) is 0 Å². The molecule has 0 radical (unpaired) electrons. The van der Waals surface area contributed by atoms with Crippen LogP contribution in [0.25, 0.3) is 0 Å². The lowest BCUT2D eigenvalue weighted by molar-refractivity contribution is 0.0636. The Morgan fingerprint density at radius 3 is 2.59 bits per heavy atom.